The van der Waals surface area contributed by atoms with Crippen LogP contribution in [0.5, 0.6) is 0 Å². The monoisotopic (exact) mass is 686 g/mol. The summed E-state index contributed by atoms with van der Waals surface area (Å²) in [7, 11) is -5.81. The predicted molar refractivity (Wildman–Crippen MR) is 215 cm³/mol. The lowest BCUT2D eigenvalue weighted by Crippen LogP contribution is -2.74. The number of fused-ring (bicyclic) bond motifs is 3. The first kappa shape index (κ1) is 31.0. The highest BCUT2D eigenvalue weighted by Crippen LogP contribution is 2.34. The SMILES string of the molecule is c1cccc([Si](c2ccccc2)(c2ccnc3c2oc2c([Si](c4ccccc4)(c4ccccc4)c4ccccc4)ccnc23)C2C=CC=CC2)c#1. The Morgan fingerprint density at radius 3 is 1.59 bits per heavy atom. The average Bonchev–Trinajstić information content (AvgIpc) is 3.61. The molecule has 8 aromatic rings. The molecule has 3 aromatic heterocycles. The Morgan fingerprint density at radius 1 is 0.549 bits per heavy atom. The molecule has 0 amide bonds. The number of furan rings is 1. The molecule has 2 unspecified atom stereocenters. The maximum atomic E-state index is 7.40. The van der Waals surface area contributed by atoms with Crippen molar-refractivity contribution in [2.75, 3.05) is 0 Å². The number of rotatable bonds is 8. The molecule has 3 heterocycles. The van der Waals surface area contributed by atoms with Gasteiger partial charge in [0.2, 0.25) is 0 Å². The molecule has 2 atom stereocenters. The molecular weight excluding hydrogens is 653 g/mol. The van der Waals surface area contributed by atoms with Crippen molar-refractivity contribution in [1.82, 2.24) is 9.97 Å². The lowest BCUT2D eigenvalue weighted by Gasteiger charge is -2.38. The number of allylic oxidation sites excluding steroid dienone is 4. The van der Waals surface area contributed by atoms with Crippen LogP contribution in [0, 0.1) is 12.1 Å². The first-order valence-electron chi connectivity index (χ1n) is 17.4. The summed E-state index contributed by atoms with van der Waals surface area (Å²) < 4.78 is 7.40. The fourth-order valence-electron chi connectivity index (χ4n) is 8.44. The zero-order valence-corrected chi connectivity index (χ0v) is 30.0. The molecule has 0 spiro atoms. The predicted octanol–water partition coefficient (Wildman–Crippen LogP) is 5.71. The van der Waals surface area contributed by atoms with E-state index in [0.717, 1.165) is 33.8 Å². The Balaban J connectivity index is 1.42. The molecule has 51 heavy (non-hydrogen) atoms. The van der Waals surface area contributed by atoms with Crippen molar-refractivity contribution in [3.63, 3.8) is 0 Å². The van der Waals surface area contributed by atoms with Gasteiger partial charge in [-0.25, -0.2) is 0 Å². The van der Waals surface area contributed by atoms with Gasteiger partial charge in [0.15, 0.2) is 27.3 Å². The fraction of sp³-hybridized carbons (Fsp3) is 0.0435. The molecule has 0 N–H and O–H groups in total. The van der Waals surface area contributed by atoms with Crippen LogP contribution in [0.2, 0.25) is 5.54 Å². The second-order valence-corrected chi connectivity index (χ2v) is 20.8. The normalized spacial score (nSPS) is 14.5. The van der Waals surface area contributed by atoms with Crippen LogP contribution >= 0.6 is 0 Å². The van der Waals surface area contributed by atoms with Crippen molar-refractivity contribution < 1.29 is 4.42 Å². The summed E-state index contributed by atoms with van der Waals surface area (Å²) in [6.07, 6.45) is 13.9. The van der Waals surface area contributed by atoms with Gasteiger partial charge >= 0.3 is 0 Å². The molecule has 242 valence electrons. The number of aromatic nitrogens is 2. The number of hydrogen-bond donors (Lipinski definition) is 0. The fourth-order valence-corrected chi connectivity index (χ4v) is 18.5. The Labute approximate surface area is 300 Å². The average molecular weight is 687 g/mol. The second kappa shape index (κ2) is 13.0. The zero-order chi connectivity index (χ0) is 34.1. The third-order valence-electron chi connectivity index (χ3n) is 10.5. The van der Waals surface area contributed by atoms with Gasteiger partial charge < -0.3 is 4.42 Å². The lowest BCUT2D eigenvalue weighted by atomic mass is 10.2. The number of benzene rings is 4. The van der Waals surface area contributed by atoms with E-state index in [1.807, 2.05) is 18.5 Å². The van der Waals surface area contributed by atoms with Crippen LogP contribution in [0.4, 0.5) is 0 Å². The molecule has 1 aliphatic carbocycles. The van der Waals surface area contributed by atoms with E-state index in [0.29, 0.717) is 0 Å². The van der Waals surface area contributed by atoms with Crippen LogP contribution in [0.1, 0.15) is 6.42 Å². The number of hydrogen-bond acceptors (Lipinski definition) is 3. The molecule has 9 rings (SSSR count). The third kappa shape index (κ3) is 4.87. The molecular formula is C46H34N2OSi2. The van der Waals surface area contributed by atoms with Gasteiger partial charge in [-0.2, -0.15) is 0 Å². The van der Waals surface area contributed by atoms with Crippen LogP contribution in [0.15, 0.2) is 193 Å². The summed E-state index contributed by atoms with van der Waals surface area (Å²) in [4.78, 5) is 10.1. The van der Waals surface area contributed by atoms with Crippen molar-refractivity contribution in [1.29, 1.82) is 0 Å². The molecule has 1 aliphatic rings. The van der Waals surface area contributed by atoms with E-state index in [1.165, 1.54) is 31.1 Å². The molecule has 0 fully saturated rings. The van der Waals surface area contributed by atoms with E-state index in [2.05, 4.69) is 182 Å². The summed E-state index contributed by atoms with van der Waals surface area (Å²) in [6.45, 7) is 0. The molecule has 0 saturated heterocycles. The lowest BCUT2D eigenvalue weighted by molar-refractivity contribution is 0.672. The topological polar surface area (TPSA) is 38.9 Å². The Bertz CT molecular complexity index is 2360. The summed E-state index contributed by atoms with van der Waals surface area (Å²) >= 11 is 0. The minimum Gasteiger partial charge on any atom is -0.453 e. The zero-order valence-electron chi connectivity index (χ0n) is 28.0. The van der Waals surface area contributed by atoms with E-state index in [-0.39, 0.29) is 5.54 Å². The van der Waals surface area contributed by atoms with Crippen molar-refractivity contribution in [3.05, 3.63) is 200 Å². The van der Waals surface area contributed by atoms with E-state index in [1.54, 1.807) is 0 Å². The molecule has 0 saturated carbocycles. The largest absolute Gasteiger partial charge is 0.453 e. The van der Waals surface area contributed by atoms with Gasteiger partial charge in [0.25, 0.3) is 0 Å². The van der Waals surface area contributed by atoms with Crippen LogP contribution < -0.4 is 36.3 Å². The van der Waals surface area contributed by atoms with Gasteiger partial charge in [-0.15, -0.1) is 0 Å². The first-order valence-corrected chi connectivity index (χ1v) is 21.5. The highest BCUT2D eigenvalue weighted by molar-refractivity contribution is 7.20. The minimum atomic E-state index is -2.93. The smallest absolute Gasteiger partial charge is 0.184 e. The first-order chi connectivity index (χ1) is 25.3. The Hall–Kier alpha value is -6.07. The van der Waals surface area contributed by atoms with Crippen LogP contribution in [0.25, 0.3) is 22.2 Å². The molecule has 5 aromatic carbocycles. The van der Waals surface area contributed by atoms with E-state index >= 15 is 0 Å². The van der Waals surface area contributed by atoms with Crippen molar-refractivity contribution in [2.45, 2.75) is 12.0 Å². The Morgan fingerprint density at radius 2 is 1.08 bits per heavy atom. The molecule has 0 bridgehead atoms. The van der Waals surface area contributed by atoms with Crippen LogP contribution in [-0.4, -0.2) is 26.1 Å². The van der Waals surface area contributed by atoms with Gasteiger partial charge in [0.05, 0.1) is 0 Å². The second-order valence-electron chi connectivity index (χ2n) is 13.1. The maximum Gasteiger partial charge on any atom is 0.184 e. The molecule has 5 heteroatoms. The third-order valence-corrected chi connectivity index (χ3v) is 20.5. The standard InChI is InChI=1S/C46H34N2OSi2/c1-7-19-35(20-8-1)50(36-21-9-2-10-22-36,37-23-11-3-12-24-37)41-31-33-47-43-44-46(49-45(41)43)42(32-34-48-44)51(38-25-13-4-14-26-38,39-27-15-5-16-28-39)40-29-17-6-18-30-40/h1-17,19-27,29,31-34,39H,28H2. The van der Waals surface area contributed by atoms with Crippen molar-refractivity contribution >= 4 is 74.7 Å². The summed E-state index contributed by atoms with van der Waals surface area (Å²) in [5, 5.41) is 8.65. The summed E-state index contributed by atoms with van der Waals surface area (Å²) in [6, 6.07) is 61.5. The van der Waals surface area contributed by atoms with Gasteiger partial charge in [-0.1, -0.05) is 170 Å². The summed E-state index contributed by atoms with van der Waals surface area (Å²) in [5.41, 5.74) is 3.41. The highest BCUT2D eigenvalue weighted by Gasteiger charge is 2.49. The quantitative estimate of drug-likeness (QED) is 0.152. The number of nitrogens with zero attached hydrogens (tertiary/aromatic N) is 2. The molecule has 3 nitrogen and oxygen atoms in total. The van der Waals surface area contributed by atoms with Gasteiger partial charge in [0.1, 0.15) is 11.0 Å². The van der Waals surface area contributed by atoms with Crippen molar-refractivity contribution in [3.8, 4) is 0 Å². The Kier molecular flexibility index (Phi) is 7.89. The van der Waals surface area contributed by atoms with Crippen molar-refractivity contribution in [2.24, 2.45) is 0 Å². The summed E-state index contributed by atoms with van der Waals surface area (Å²) in [5.74, 6) is 0. The molecule has 0 radical (unpaired) electrons. The van der Waals surface area contributed by atoms with Gasteiger partial charge in [-0.3, -0.25) is 9.97 Å². The highest BCUT2D eigenvalue weighted by atomic mass is 28.3. The van der Waals surface area contributed by atoms with Gasteiger partial charge in [-0.05, 0) is 61.3 Å². The van der Waals surface area contributed by atoms with E-state index < -0.39 is 16.1 Å². The van der Waals surface area contributed by atoms with Crippen LogP contribution in [-0.2, 0) is 0 Å². The maximum absolute atomic E-state index is 7.40. The minimum absolute atomic E-state index is 0.217. The van der Waals surface area contributed by atoms with E-state index in [9.17, 15) is 0 Å². The molecule has 0 aliphatic heterocycles. The van der Waals surface area contributed by atoms with Gasteiger partial charge in [0, 0.05) is 17.6 Å². The van der Waals surface area contributed by atoms with Crippen LogP contribution in [0.3, 0.4) is 0 Å². The number of pyridine rings is 2. The van der Waals surface area contributed by atoms with E-state index in [4.69, 9.17) is 14.4 Å².